The summed E-state index contributed by atoms with van der Waals surface area (Å²) >= 11 is 0. The molecule has 0 aliphatic carbocycles. The van der Waals surface area contributed by atoms with Crippen LogP contribution in [0.3, 0.4) is 0 Å². The predicted octanol–water partition coefficient (Wildman–Crippen LogP) is 8.02. The van der Waals surface area contributed by atoms with Gasteiger partial charge in [0.15, 0.2) is 0 Å². The first-order valence-electron chi connectivity index (χ1n) is 23.0. The van der Waals surface area contributed by atoms with Gasteiger partial charge in [0.25, 0.3) is 0 Å². The van der Waals surface area contributed by atoms with E-state index in [4.69, 9.17) is 0 Å². The van der Waals surface area contributed by atoms with Gasteiger partial charge < -0.3 is 5.11 Å². The van der Waals surface area contributed by atoms with Gasteiger partial charge in [-0.15, -0.1) is 0 Å². The highest BCUT2D eigenvalue weighted by Crippen LogP contribution is 2.31. The maximum Gasteiger partial charge on any atom is 0.243 e. The number of benzene rings is 4. The summed E-state index contributed by atoms with van der Waals surface area (Å²) in [6.45, 7) is 24.5. The molecule has 0 radical (unpaired) electrons. The molecule has 1 N–H and O–H groups in total. The molecule has 0 saturated heterocycles. The van der Waals surface area contributed by atoms with Crippen molar-refractivity contribution in [3.63, 3.8) is 0 Å². The molecule has 0 bridgehead atoms. The Morgan fingerprint density at radius 3 is 0.866 bits per heavy atom. The molecule has 0 fully saturated rings. The van der Waals surface area contributed by atoms with Gasteiger partial charge in [-0.1, -0.05) is 84.6 Å². The number of hydrogen-bond donors (Lipinski definition) is 1. The minimum atomic E-state index is -4.27. The predicted molar refractivity (Wildman–Crippen MR) is 269 cm³/mol. The van der Waals surface area contributed by atoms with Gasteiger partial charge in [-0.2, -0.15) is 17.2 Å². The van der Waals surface area contributed by atoms with Gasteiger partial charge in [-0.05, 0) is 147 Å². The van der Waals surface area contributed by atoms with Crippen molar-refractivity contribution in [2.45, 2.75) is 142 Å². The second-order valence-corrected chi connectivity index (χ2v) is 25.8. The molecule has 67 heavy (non-hydrogen) atoms. The standard InChI is InChI=1S/C50H74N4O9S4/c1-15-51(64(56,57)47-38(7)25-34(3)26-39(47)8)20-17-22-53(66(60,61)49-42(11)29-36(5)30-43(49)12)24-19-46(55)33-54(67(62,63)50-44(13)31-37(6)32-45(50)14)23-18-21-52(16-2)65(58,59)48-40(9)27-35(4)28-41(48)10/h25-32,46,55H,15-24,33H2,1-14H3. The maximum atomic E-state index is 14.7. The first-order chi connectivity index (χ1) is 31.0. The van der Waals surface area contributed by atoms with Crippen LogP contribution in [0.1, 0.15) is 99.9 Å². The summed E-state index contributed by atoms with van der Waals surface area (Å²) in [6.07, 6.45) is -1.25. The van der Waals surface area contributed by atoms with Crippen LogP contribution >= 0.6 is 0 Å². The number of sulfonamides is 4. The smallest absolute Gasteiger partial charge is 0.243 e. The molecular formula is C50H74N4O9S4. The number of aliphatic hydroxyl groups is 1. The molecule has 0 heterocycles. The average molecular weight is 1000 g/mol. The fourth-order valence-corrected chi connectivity index (χ4v) is 17.5. The largest absolute Gasteiger partial charge is 0.392 e. The van der Waals surface area contributed by atoms with E-state index in [1.807, 2.05) is 52.0 Å². The molecule has 4 aromatic carbocycles. The molecule has 0 saturated carbocycles. The third kappa shape index (κ3) is 12.8. The number of aliphatic hydroxyl groups excluding tert-OH is 1. The van der Waals surface area contributed by atoms with E-state index in [0.717, 1.165) is 22.3 Å². The number of aryl methyl sites for hydroxylation is 12. The van der Waals surface area contributed by atoms with E-state index in [9.17, 15) is 38.8 Å². The molecule has 0 spiro atoms. The van der Waals surface area contributed by atoms with Crippen LogP contribution in [0.15, 0.2) is 68.1 Å². The van der Waals surface area contributed by atoms with Crippen LogP contribution in [-0.2, 0) is 40.1 Å². The van der Waals surface area contributed by atoms with Gasteiger partial charge in [-0.3, -0.25) is 0 Å². The zero-order chi connectivity index (χ0) is 50.6. The van der Waals surface area contributed by atoms with E-state index in [2.05, 4.69) is 0 Å². The topological polar surface area (TPSA) is 170 Å². The Kier molecular flexibility index (Phi) is 18.8. The summed E-state index contributed by atoms with van der Waals surface area (Å²) in [4.78, 5) is 0.674. The molecule has 0 aliphatic heterocycles. The maximum absolute atomic E-state index is 14.7. The van der Waals surface area contributed by atoms with Gasteiger partial charge in [-0.25, -0.2) is 33.7 Å². The number of hydrogen-bond acceptors (Lipinski definition) is 9. The lowest BCUT2D eigenvalue weighted by Crippen LogP contribution is -2.42. The van der Waals surface area contributed by atoms with Crippen molar-refractivity contribution in [2.75, 3.05) is 52.4 Å². The van der Waals surface area contributed by atoms with Crippen molar-refractivity contribution in [1.82, 2.24) is 17.2 Å². The second-order valence-electron chi connectivity index (χ2n) is 18.3. The molecule has 0 amide bonds. The Morgan fingerprint density at radius 1 is 0.373 bits per heavy atom. The van der Waals surface area contributed by atoms with Gasteiger partial charge in [0.2, 0.25) is 40.1 Å². The molecule has 13 nitrogen and oxygen atoms in total. The van der Waals surface area contributed by atoms with Crippen LogP contribution < -0.4 is 0 Å². The average Bonchev–Trinajstić information content (AvgIpc) is 3.16. The monoisotopic (exact) mass is 1000 g/mol. The van der Waals surface area contributed by atoms with Crippen LogP contribution in [0.2, 0.25) is 0 Å². The van der Waals surface area contributed by atoms with E-state index < -0.39 is 52.7 Å². The van der Waals surface area contributed by atoms with Gasteiger partial charge in [0.05, 0.1) is 25.7 Å². The highest BCUT2D eigenvalue weighted by atomic mass is 32.2. The van der Waals surface area contributed by atoms with Crippen LogP contribution in [0.25, 0.3) is 0 Å². The molecule has 372 valence electrons. The van der Waals surface area contributed by atoms with Crippen molar-refractivity contribution >= 4 is 40.1 Å². The van der Waals surface area contributed by atoms with E-state index in [0.29, 0.717) is 44.5 Å². The Labute approximate surface area is 403 Å². The van der Waals surface area contributed by atoms with Crippen LogP contribution in [0.5, 0.6) is 0 Å². The lowest BCUT2D eigenvalue weighted by atomic mass is 10.1. The van der Waals surface area contributed by atoms with Gasteiger partial charge >= 0.3 is 0 Å². The van der Waals surface area contributed by atoms with E-state index in [1.165, 1.54) is 17.2 Å². The van der Waals surface area contributed by atoms with Crippen molar-refractivity contribution in [3.8, 4) is 0 Å². The number of nitrogens with zero attached hydrogens (tertiary/aromatic N) is 4. The molecular weight excluding hydrogens is 929 g/mol. The van der Waals surface area contributed by atoms with E-state index >= 15 is 0 Å². The Hall–Kier alpha value is -3.52. The second kappa shape index (κ2) is 22.5. The summed E-state index contributed by atoms with van der Waals surface area (Å²) in [5.74, 6) is 0. The molecule has 1 atom stereocenters. The lowest BCUT2D eigenvalue weighted by Gasteiger charge is -2.30. The Bertz CT molecular complexity index is 2810. The third-order valence-corrected chi connectivity index (χ3v) is 21.2. The fraction of sp³-hybridized carbons (Fsp3) is 0.520. The zero-order valence-electron chi connectivity index (χ0n) is 42.1. The molecule has 17 heteroatoms. The van der Waals surface area contributed by atoms with E-state index in [-0.39, 0.29) is 84.7 Å². The van der Waals surface area contributed by atoms with Crippen molar-refractivity contribution < 1.29 is 38.8 Å². The Balaban J connectivity index is 1.66. The van der Waals surface area contributed by atoms with Crippen LogP contribution in [0.4, 0.5) is 0 Å². The van der Waals surface area contributed by atoms with E-state index in [1.54, 1.807) is 93.5 Å². The Morgan fingerprint density at radius 2 is 0.597 bits per heavy atom. The summed E-state index contributed by atoms with van der Waals surface area (Å²) in [5, 5.41) is 11.8. The first kappa shape index (κ1) is 56.1. The first-order valence-corrected chi connectivity index (χ1v) is 28.8. The number of rotatable bonds is 23. The summed E-state index contributed by atoms with van der Waals surface area (Å²) in [5.41, 5.74) is 8.30. The minimum absolute atomic E-state index is 0.00832. The van der Waals surface area contributed by atoms with Crippen molar-refractivity contribution in [1.29, 1.82) is 0 Å². The molecule has 1 unspecified atom stereocenters. The normalized spacial score (nSPS) is 13.4. The highest BCUT2D eigenvalue weighted by molar-refractivity contribution is 7.90. The highest BCUT2D eigenvalue weighted by Gasteiger charge is 2.34. The molecule has 4 rings (SSSR count). The van der Waals surface area contributed by atoms with Crippen LogP contribution in [0, 0.1) is 83.1 Å². The van der Waals surface area contributed by atoms with Crippen molar-refractivity contribution in [2.24, 2.45) is 0 Å². The lowest BCUT2D eigenvalue weighted by molar-refractivity contribution is 0.129. The molecule has 4 aromatic rings. The summed E-state index contributed by atoms with van der Waals surface area (Å²) < 4.78 is 120. The summed E-state index contributed by atoms with van der Waals surface area (Å²) in [7, 11) is -16.4. The SMILES string of the molecule is CCN(CCCN(CCC(O)CN(CCCN(CC)S(=O)(=O)c1c(C)cc(C)cc1C)S(=O)(=O)c1c(C)cc(C)cc1C)S(=O)(=O)c1c(C)cc(C)cc1C)S(=O)(=O)c1c(C)cc(C)cc1C. The van der Waals surface area contributed by atoms with Crippen molar-refractivity contribution in [3.05, 3.63) is 115 Å². The van der Waals surface area contributed by atoms with Crippen LogP contribution in [-0.4, -0.2) is 114 Å². The molecule has 0 aromatic heterocycles. The third-order valence-electron chi connectivity index (χ3n) is 12.3. The minimum Gasteiger partial charge on any atom is -0.392 e. The summed E-state index contributed by atoms with van der Waals surface area (Å²) in [6, 6.07) is 14.4. The van der Waals surface area contributed by atoms with Gasteiger partial charge in [0.1, 0.15) is 0 Å². The fourth-order valence-electron chi connectivity index (χ4n) is 9.84. The molecule has 0 aliphatic rings. The van der Waals surface area contributed by atoms with Gasteiger partial charge in [0, 0.05) is 52.4 Å². The zero-order valence-corrected chi connectivity index (χ0v) is 45.4. The quantitative estimate of drug-likeness (QED) is 0.0774.